The number of nitrogens with zero attached hydrogens (tertiary/aromatic N) is 3. The van der Waals surface area contributed by atoms with Crippen LogP contribution in [0.1, 0.15) is 30.5 Å². The second-order valence-electron chi connectivity index (χ2n) is 6.45. The lowest BCUT2D eigenvalue weighted by Crippen LogP contribution is -2.38. The molecule has 0 spiro atoms. The van der Waals surface area contributed by atoms with E-state index in [-0.39, 0.29) is 5.91 Å². The normalized spacial score (nSPS) is 29.6. The van der Waals surface area contributed by atoms with E-state index in [1.54, 1.807) is 0 Å². The summed E-state index contributed by atoms with van der Waals surface area (Å²) in [7, 11) is 4.18. The SMILES string of the molecule is Cc1c(CN(C)[C@H]2C[C@H]3CC(=O)NC[C@H]3C2)cnn1C. The lowest BCUT2D eigenvalue weighted by Gasteiger charge is -2.24. The van der Waals surface area contributed by atoms with E-state index in [0.717, 1.165) is 25.9 Å². The highest BCUT2D eigenvalue weighted by atomic mass is 16.1. The van der Waals surface area contributed by atoms with E-state index in [0.29, 0.717) is 17.9 Å². The summed E-state index contributed by atoms with van der Waals surface area (Å²) in [5, 5.41) is 7.32. The average Bonchev–Trinajstić information content (AvgIpc) is 2.96. The van der Waals surface area contributed by atoms with Crippen molar-refractivity contribution in [3.8, 4) is 0 Å². The highest BCUT2D eigenvalue weighted by Gasteiger charge is 2.39. The van der Waals surface area contributed by atoms with Crippen LogP contribution in [0.15, 0.2) is 6.20 Å². The molecular formula is C15H24N4O. The molecule has 0 radical (unpaired) electrons. The lowest BCUT2D eigenvalue weighted by atomic mass is 9.89. The molecule has 3 rings (SSSR count). The van der Waals surface area contributed by atoms with Gasteiger partial charge in [-0.3, -0.25) is 14.4 Å². The van der Waals surface area contributed by atoms with Gasteiger partial charge in [-0.15, -0.1) is 0 Å². The number of hydrogen-bond donors (Lipinski definition) is 1. The fourth-order valence-electron chi connectivity index (χ4n) is 3.69. The predicted octanol–water partition coefficient (Wildman–Crippen LogP) is 1.08. The Balaban J connectivity index is 1.62. The van der Waals surface area contributed by atoms with Crippen molar-refractivity contribution in [1.29, 1.82) is 0 Å². The first-order valence-corrected chi connectivity index (χ1v) is 7.49. The van der Waals surface area contributed by atoms with Crippen LogP contribution in [0.2, 0.25) is 0 Å². The first-order valence-electron chi connectivity index (χ1n) is 7.49. The van der Waals surface area contributed by atoms with Gasteiger partial charge in [0.25, 0.3) is 0 Å². The summed E-state index contributed by atoms with van der Waals surface area (Å²) in [4.78, 5) is 13.9. The van der Waals surface area contributed by atoms with E-state index in [1.807, 2.05) is 17.9 Å². The molecule has 5 nitrogen and oxygen atoms in total. The van der Waals surface area contributed by atoms with E-state index in [9.17, 15) is 4.79 Å². The Kier molecular flexibility index (Phi) is 3.54. The van der Waals surface area contributed by atoms with Crippen LogP contribution in [-0.4, -0.2) is 40.2 Å². The van der Waals surface area contributed by atoms with Gasteiger partial charge in [0.2, 0.25) is 5.91 Å². The zero-order valence-electron chi connectivity index (χ0n) is 12.6. The van der Waals surface area contributed by atoms with Gasteiger partial charge in [-0.25, -0.2) is 0 Å². The molecular weight excluding hydrogens is 252 g/mol. The van der Waals surface area contributed by atoms with Crippen LogP contribution in [0.4, 0.5) is 0 Å². The predicted molar refractivity (Wildman–Crippen MR) is 77.0 cm³/mol. The van der Waals surface area contributed by atoms with Crippen LogP contribution in [0, 0.1) is 18.8 Å². The number of amides is 1. The fourth-order valence-corrected chi connectivity index (χ4v) is 3.69. The van der Waals surface area contributed by atoms with E-state index in [4.69, 9.17) is 0 Å². The maximum Gasteiger partial charge on any atom is 0.220 e. The summed E-state index contributed by atoms with van der Waals surface area (Å²) in [5.41, 5.74) is 2.54. The molecule has 110 valence electrons. The number of rotatable bonds is 3. The highest BCUT2D eigenvalue weighted by Crippen LogP contribution is 2.38. The summed E-state index contributed by atoms with van der Waals surface area (Å²) in [6.45, 7) is 3.94. The second-order valence-corrected chi connectivity index (χ2v) is 6.45. The number of fused-ring (bicyclic) bond motifs is 1. The zero-order valence-corrected chi connectivity index (χ0v) is 12.6. The molecule has 2 fully saturated rings. The smallest absolute Gasteiger partial charge is 0.220 e. The first kappa shape index (κ1) is 13.6. The molecule has 3 atom stereocenters. The topological polar surface area (TPSA) is 50.2 Å². The Labute approximate surface area is 120 Å². The molecule has 1 N–H and O–H groups in total. The molecule has 1 saturated heterocycles. The molecule has 1 aromatic heterocycles. The maximum atomic E-state index is 11.5. The molecule has 1 saturated carbocycles. The van der Waals surface area contributed by atoms with E-state index < -0.39 is 0 Å². The maximum absolute atomic E-state index is 11.5. The Hall–Kier alpha value is -1.36. The number of nitrogens with one attached hydrogen (secondary N) is 1. The van der Waals surface area contributed by atoms with Crippen LogP contribution in [0.5, 0.6) is 0 Å². The first-order chi connectivity index (χ1) is 9.54. The van der Waals surface area contributed by atoms with Crippen LogP contribution in [0.25, 0.3) is 0 Å². The summed E-state index contributed by atoms with van der Waals surface area (Å²) in [5.74, 6) is 1.50. The van der Waals surface area contributed by atoms with Gasteiger partial charge >= 0.3 is 0 Å². The molecule has 1 aliphatic carbocycles. The Bertz CT molecular complexity index is 510. The minimum absolute atomic E-state index is 0.234. The summed E-state index contributed by atoms with van der Waals surface area (Å²) >= 11 is 0. The van der Waals surface area contributed by atoms with Crippen molar-refractivity contribution in [2.45, 2.75) is 38.8 Å². The molecule has 2 heterocycles. The molecule has 0 aromatic carbocycles. The number of aromatic nitrogens is 2. The number of hydrogen-bond acceptors (Lipinski definition) is 3. The van der Waals surface area contributed by atoms with Crippen molar-refractivity contribution >= 4 is 5.91 Å². The molecule has 0 bridgehead atoms. The third kappa shape index (κ3) is 2.46. The fraction of sp³-hybridized carbons (Fsp3) is 0.733. The molecule has 1 aliphatic heterocycles. The second kappa shape index (κ2) is 5.20. The van der Waals surface area contributed by atoms with Crippen molar-refractivity contribution in [2.75, 3.05) is 13.6 Å². The zero-order chi connectivity index (χ0) is 14.3. The third-order valence-corrected chi connectivity index (χ3v) is 5.21. The minimum atomic E-state index is 0.234. The average molecular weight is 276 g/mol. The van der Waals surface area contributed by atoms with Gasteiger partial charge in [0.1, 0.15) is 0 Å². The van der Waals surface area contributed by atoms with Gasteiger partial charge in [0, 0.05) is 43.9 Å². The monoisotopic (exact) mass is 276 g/mol. The Morgan fingerprint density at radius 2 is 2.20 bits per heavy atom. The Morgan fingerprint density at radius 3 is 2.90 bits per heavy atom. The van der Waals surface area contributed by atoms with Crippen LogP contribution < -0.4 is 5.32 Å². The van der Waals surface area contributed by atoms with Gasteiger partial charge < -0.3 is 5.32 Å². The van der Waals surface area contributed by atoms with Crippen molar-refractivity contribution in [1.82, 2.24) is 20.0 Å². The molecule has 5 heteroatoms. The van der Waals surface area contributed by atoms with Gasteiger partial charge in [-0.05, 0) is 38.6 Å². The number of piperidine rings is 1. The van der Waals surface area contributed by atoms with E-state index in [1.165, 1.54) is 17.7 Å². The van der Waals surface area contributed by atoms with Crippen molar-refractivity contribution in [2.24, 2.45) is 18.9 Å². The molecule has 1 amide bonds. The van der Waals surface area contributed by atoms with E-state index >= 15 is 0 Å². The van der Waals surface area contributed by atoms with Gasteiger partial charge in [0.15, 0.2) is 0 Å². The number of aryl methyl sites for hydroxylation is 1. The highest BCUT2D eigenvalue weighted by molar-refractivity contribution is 5.77. The third-order valence-electron chi connectivity index (χ3n) is 5.21. The minimum Gasteiger partial charge on any atom is -0.356 e. The van der Waals surface area contributed by atoms with Gasteiger partial charge in [-0.2, -0.15) is 5.10 Å². The molecule has 1 aromatic rings. The summed E-state index contributed by atoms with van der Waals surface area (Å²) < 4.78 is 1.93. The van der Waals surface area contributed by atoms with Gasteiger partial charge in [-0.1, -0.05) is 0 Å². The standard InChI is InChI=1S/C15H24N4O/c1-10-13(8-17-19(10)3)9-18(2)14-4-11-6-15(20)16-7-12(11)5-14/h8,11-12,14H,4-7,9H2,1-3H3,(H,16,20)/t11-,12+,14-/m0/s1. The van der Waals surface area contributed by atoms with Gasteiger partial charge in [0.05, 0.1) is 6.20 Å². The van der Waals surface area contributed by atoms with E-state index in [2.05, 4.69) is 29.3 Å². The lowest BCUT2D eigenvalue weighted by molar-refractivity contribution is -0.124. The molecule has 2 aliphatic rings. The van der Waals surface area contributed by atoms with Crippen molar-refractivity contribution in [3.63, 3.8) is 0 Å². The quantitative estimate of drug-likeness (QED) is 0.898. The van der Waals surface area contributed by atoms with Crippen LogP contribution >= 0.6 is 0 Å². The summed E-state index contributed by atoms with van der Waals surface area (Å²) in [6.07, 6.45) is 5.06. The molecule has 20 heavy (non-hydrogen) atoms. The van der Waals surface area contributed by atoms with Crippen molar-refractivity contribution in [3.05, 3.63) is 17.5 Å². The number of carbonyl (C=O) groups excluding carboxylic acids is 1. The molecule has 0 unspecified atom stereocenters. The van der Waals surface area contributed by atoms with Crippen LogP contribution in [-0.2, 0) is 18.4 Å². The summed E-state index contributed by atoms with van der Waals surface area (Å²) in [6, 6.07) is 0.595. The largest absolute Gasteiger partial charge is 0.356 e. The number of carbonyl (C=O) groups is 1. The van der Waals surface area contributed by atoms with Crippen LogP contribution in [0.3, 0.4) is 0 Å². The van der Waals surface area contributed by atoms with Crippen molar-refractivity contribution < 1.29 is 4.79 Å². The Morgan fingerprint density at radius 1 is 1.45 bits per heavy atom.